The van der Waals surface area contributed by atoms with Crippen molar-refractivity contribution >= 4 is 39.5 Å². The van der Waals surface area contributed by atoms with Crippen molar-refractivity contribution in [2.45, 2.75) is 57.6 Å². The molecule has 12 heteroatoms. The molecule has 4 aliphatic rings. The van der Waals surface area contributed by atoms with E-state index in [1.807, 2.05) is 18.1 Å². The second-order valence-corrected chi connectivity index (χ2v) is 13.8. The number of H-pyrrole nitrogens is 1. The standard InChI is InChI=1S/C35H43N9O3/c1-5-26(45)44-19-35(20-44)12-15-43(16-13-35)33-30-29(39-34(40-33)46-18-22-7-6-14-42(22)4)31(47-23-9-10-23)28(32(36-3)38-30)27-21(2)8-11-25-24(27)17-37-41-25/h5,8,11,17,22-23H,1,6-7,9-10,12-16,18-20H2,2-4H3,(H,36,38)(H,37,41)/t22-/m0/s1. The molecule has 1 aliphatic carbocycles. The summed E-state index contributed by atoms with van der Waals surface area (Å²) in [5.41, 5.74) is 5.44. The number of pyridine rings is 1. The molecule has 12 nitrogen and oxygen atoms in total. The molecule has 4 fully saturated rings. The number of aromatic amines is 1. The van der Waals surface area contributed by atoms with Gasteiger partial charge in [-0.1, -0.05) is 12.6 Å². The Morgan fingerprint density at radius 1 is 1.11 bits per heavy atom. The molecule has 3 aromatic heterocycles. The molecular formula is C35H43N9O3. The maximum atomic E-state index is 12.2. The van der Waals surface area contributed by atoms with Crippen molar-refractivity contribution in [1.29, 1.82) is 0 Å². The van der Waals surface area contributed by atoms with Crippen LogP contribution >= 0.6 is 0 Å². The number of amides is 1. The predicted octanol–water partition coefficient (Wildman–Crippen LogP) is 4.55. The number of fused-ring (bicyclic) bond motifs is 2. The van der Waals surface area contributed by atoms with E-state index in [1.165, 1.54) is 6.08 Å². The van der Waals surface area contributed by atoms with E-state index in [-0.39, 0.29) is 17.4 Å². The Labute approximate surface area is 274 Å². The van der Waals surface area contributed by atoms with Gasteiger partial charge in [0.2, 0.25) is 5.91 Å². The number of benzene rings is 1. The van der Waals surface area contributed by atoms with Crippen molar-refractivity contribution in [2.24, 2.45) is 5.41 Å². The Morgan fingerprint density at radius 2 is 1.91 bits per heavy atom. The molecule has 0 radical (unpaired) electrons. The second-order valence-electron chi connectivity index (χ2n) is 13.8. The van der Waals surface area contributed by atoms with E-state index in [2.05, 4.69) is 58.0 Å². The van der Waals surface area contributed by atoms with Gasteiger partial charge < -0.3 is 29.5 Å². The number of hydrogen-bond donors (Lipinski definition) is 2. The summed E-state index contributed by atoms with van der Waals surface area (Å²) in [5, 5.41) is 11.9. The summed E-state index contributed by atoms with van der Waals surface area (Å²) in [7, 11) is 4.05. The summed E-state index contributed by atoms with van der Waals surface area (Å²) in [6, 6.07) is 4.84. The van der Waals surface area contributed by atoms with Crippen LogP contribution in [0.2, 0.25) is 0 Å². The summed E-state index contributed by atoms with van der Waals surface area (Å²) < 4.78 is 13.2. The van der Waals surface area contributed by atoms with Crippen LogP contribution in [0.3, 0.4) is 0 Å². The van der Waals surface area contributed by atoms with Gasteiger partial charge in [-0.3, -0.25) is 9.89 Å². The van der Waals surface area contributed by atoms with Crippen LogP contribution in [0.25, 0.3) is 33.1 Å². The van der Waals surface area contributed by atoms with Gasteiger partial charge in [0.25, 0.3) is 0 Å². The van der Waals surface area contributed by atoms with E-state index in [0.29, 0.717) is 41.3 Å². The molecule has 6 heterocycles. The number of ether oxygens (including phenoxy) is 2. The van der Waals surface area contributed by atoms with Crippen LogP contribution in [0.4, 0.5) is 11.6 Å². The van der Waals surface area contributed by atoms with Crippen LogP contribution in [0, 0.1) is 12.3 Å². The molecule has 1 atom stereocenters. The van der Waals surface area contributed by atoms with Crippen molar-refractivity contribution < 1.29 is 14.3 Å². The van der Waals surface area contributed by atoms with Gasteiger partial charge in [-0.2, -0.15) is 15.1 Å². The topological polar surface area (TPSA) is 125 Å². The highest BCUT2D eigenvalue weighted by molar-refractivity contribution is 6.06. The average molecular weight is 638 g/mol. The minimum Gasteiger partial charge on any atom is -0.487 e. The number of likely N-dealkylation sites (tertiary alicyclic amines) is 2. The van der Waals surface area contributed by atoms with Gasteiger partial charge in [0.15, 0.2) is 11.6 Å². The van der Waals surface area contributed by atoms with Gasteiger partial charge in [-0.15, -0.1) is 0 Å². The number of carbonyl (C=O) groups is 1. The Kier molecular flexibility index (Phi) is 7.42. The molecule has 246 valence electrons. The van der Waals surface area contributed by atoms with E-state index < -0.39 is 0 Å². The van der Waals surface area contributed by atoms with Crippen molar-refractivity contribution in [3.05, 3.63) is 36.5 Å². The van der Waals surface area contributed by atoms with E-state index in [0.717, 1.165) is 105 Å². The highest BCUT2D eigenvalue weighted by Crippen LogP contribution is 2.48. The first-order valence-corrected chi connectivity index (χ1v) is 16.9. The van der Waals surface area contributed by atoms with E-state index >= 15 is 0 Å². The molecule has 1 spiro atoms. The first-order valence-electron chi connectivity index (χ1n) is 16.9. The molecule has 0 bridgehead atoms. The Bertz CT molecular complexity index is 1850. The Hall–Kier alpha value is -4.45. The van der Waals surface area contributed by atoms with Crippen molar-refractivity contribution in [2.75, 3.05) is 63.6 Å². The lowest BCUT2D eigenvalue weighted by Crippen LogP contribution is -2.61. The van der Waals surface area contributed by atoms with Crippen molar-refractivity contribution in [3.63, 3.8) is 0 Å². The van der Waals surface area contributed by atoms with Gasteiger partial charge in [0.1, 0.15) is 23.5 Å². The molecule has 4 aromatic rings. The lowest BCUT2D eigenvalue weighted by atomic mass is 9.72. The monoisotopic (exact) mass is 637 g/mol. The average Bonchev–Trinajstić information content (AvgIpc) is 3.59. The first kappa shape index (κ1) is 29.9. The second kappa shape index (κ2) is 11.7. The van der Waals surface area contributed by atoms with Gasteiger partial charge >= 0.3 is 6.01 Å². The summed E-state index contributed by atoms with van der Waals surface area (Å²) in [6.07, 6.45) is 9.60. The number of aromatic nitrogens is 5. The lowest BCUT2D eigenvalue weighted by Gasteiger charge is -2.53. The third kappa shape index (κ3) is 5.32. The molecule has 1 saturated carbocycles. The number of piperidine rings is 1. The fraction of sp³-hybridized carbons (Fsp3) is 0.514. The van der Waals surface area contributed by atoms with Gasteiger partial charge in [-0.05, 0) is 76.7 Å². The predicted molar refractivity (Wildman–Crippen MR) is 182 cm³/mol. The highest BCUT2D eigenvalue weighted by atomic mass is 16.5. The van der Waals surface area contributed by atoms with Crippen LogP contribution in [0.1, 0.15) is 44.1 Å². The zero-order valence-electron chi connectivity index (χ0n) is 27.5. The minimum absolute atomic E-state index is 0.0127. The maximum Gasteiger partial charge on any atom is 0.319 e. The molecule has 1 aromatic carbocycles. The fourth-order valence-electron chi connectivity index (χ4n) is 7.62. The van der Waals surface area contributed by atoms with Gasteiger partial charge in [0, 0.05) is 55.6 Å². The lowest BCUT2D eigenvalue weighted by molar-refractivity contribution is -0.139. The fourth-order valence-corrected chi connectivity index (χ4v) is 7.62. The summed E-state index contributed by atoms with van der Waals surface area (Å²) in [6.45, 7) is 10.5. The van der Waals surface area contributed by atoms with E-state index in [9.17, 15) is 4.79 Å². The Balaban J connectivity index is 1.25. The third-order valence-corrected chi connectivity index (χ3v) is 10.6. The largest absolute Gasteiger partial charge is 0.487 e. The number of anilines is 2. The minimum atomic E-state index is 0.0127. The maximum absolute atomic E-state index is 12.2. The molecule has 0 unspecified atom stereocenters. The molecule has 1 amide bonds. The highest BCUT2D eigenvalue weighted by Gasteiger charge is 2.46. The number of aryl methyl sites for hydroxylation is 1. The van der Waals surface area contributed by atoms with E-state index in [4.69, 9.17) is 24.4 Å². The zero-order chi connectivity index (χ0) is 32.3. The zero-order valence-corrected chi connectivity index (χ0v) is 27.5. The summed E-state index contributed by atoms with van der Waals surface area (Å²) in [5.74, 6) is 2.19. The first-order chi connectivity index (χ1) is 22.9. The van der Waals surface area contributed by atoms with Gasteiger partial charge in [0.05, 0.1) is 23.4 Å². The molecule has 47 heavy (non-hydrogen) atoms. The number of hydrogen-bond acceptors (Lipinski definition) is 10. The van der Waals surface area contributed by atoms with Gasteiger partial charge in [-0.25, -0.2) is 4.98 Å². The van der Waals surface area contributed by atoms with Crippen molar-refractivity contribution in [3.8, 4) is 22.9 Å². The Morgan fingerprint density at radius 3 is 2.62 bits per heavy atom. The molecule has 3 aliphatic heterocycles. The smallest absolute Gasteiger partial charge is 0.319 e. The van der Waals surface area contributed by atoms with E-state index in [1.54, 1.807) is 0 Å². The van der Waals surface area contributed by atoms with Crippen LogP contribution < -0.4 is 19.7 Å². The van der Waals surface area contributed by atoms with Crippen LogP contribution in [-0.4, -0.2) is 106 Å². The SMILES string of the molecule is C=CC(=O)N1CC2(CCN(c3nc(OC[C@@H]4CCCN4C)nc4c(OC5CC5)c(-c5c(C)ccc6[nH]ncc56)c(NC)nc34)CC2)C1. The van der Waals surface area contributed by atoms with Crippen LogP contribution in [-0.2, 0) is 4.79 Å². The number of nitrogens with one attached hydrogen (secondary N) is 2. The third-order valence-electron chi connectivity index (χ3n) is 10.6. The number of nitrogens with zero attached hydrogens (tertiary/aromatic N) is 7. The molecule has 3 saturated heterocycles. The number of carbonyl (C=O) groups excluding carboxylic acids is 1. The normalized spacial score (nSPS) is 21.0. The molecular weight excluding hydrogens is 594 g/mol. The van der Waals surface area contributed by atoms with Crippen molar-refractivity contribution in [1.82, 2.24) is 34.9 Å². The summed E-state index contributed by atoms with van der Waals surface area (Å²) in [4.78, 5) is 34.1. The summed E-state index contributed by atoms with van der Waals surface area (Å²) >= 11 is 0. The molecule has 2 N–H and O–H groups in total. The number of rotatable bonds is 9. The van der Waals surface area contributed by atoms with Crippen LogP contribution in [0.15, 0.2) is 31.0 Å². The number of likely N-dealkylation sites (N-methyl/N-ethyl adjacent to an activating group) is 1. The van der Waals surface area contributed by atoms with Crippen LogP contribution in [0.5, 0.6) is 11.8 Å². The quantitative estimate of drug-likeness (QED) is 0.253. The molecule has 8 rings (SSSR count).